The lowest BCUT2D eigenvalue weighted by Gasteiger charge is -2.26. The van der Waals surface area contributed by atoms with Crippen LogP contribution in [0.25, 0.3) is 0 Å². The minimum atomic E-state index is 0.141. The number of nitrogens with two attached hydrogens (primary N) is 1. The predicted octanol–water partition coefficient (Wildman–Crippen LogP) is 2.42. The van der Waals surface area contributed by atoms with Crippen molar-refractivity contribution in [2.24, 2.45) is 16.8 Å². The van der Waals surface area contributed by atoms with E-state index in [-0.39, 0.29) is 5.84 Å². The minimum absolute atomic E-state index is 0.141. The maximum absolute atomic E-state index is 9.03. The molecule has 0 aromatic carbocycles. The molecule has 2 rings (SSSR count). The molecule has 0 radical (unpaired) electrons. The lowest BCUT2D eigenvalue weighted by molar-refractivity contribution is 0.318. The zero-order valence-electron chi connectivity index (χ0n) is 12.6. The number of rotatable bonds is 6. The summed E-state index contributed by atoms with van der Waals surface area (Å²) in [5, 5.41) is 12.2. The highest BCUT2D eigenvalue weighted by Crippen LogP contribution is 2.32. The van der Waals surface area contributed by atoms with Crippen LogP contribution in [0.1, 0.15) is 43.0 Å². The van der Waals surface area contributed by atoms with E-state index in [1.54, 1.807) is 0 Å². The molecule has 1 fully saturated rings. The molecule has 0 aliphatic heterocycles. The van der Waals surface area contributed by atoms with Crippen molar-refractivity contribution in [1.82, 2.24) is 4.98 Å². The molecule has 0 spiro atoms. The van der Waals surface area contributed by atoms with E-state index in [4.69, 9.17) is 10.9 Å². The highest BCUT2D eigenvalue weighted by molar-refractivity contribution is 6.02. The van der Waals surface area contributed by atoms with Gasteiger partial charge in [-0.15, -0.1) is 0 Å². The van der Waals surface area contributed by atoms with Gasteiger partial charge in [-0.3, -0.25) is 0 Å². The van der Waals surface area contributed by atoms with Crippen LogP contribution in [-0.2, 0) is 0 Å². The summed E-state index contributed by atoms with van der Waals surface area (Å²) < 4.78 is 0. The zero-order chi connectivity index (χ0) is 14.7. The molecule has 1 saturated carbocycles. The van der Waals surface area contributed by atoms with Crippen molar-refractivity contribution in [3.63, 3.8) is 0 Å². The van der Waals surface area contributed by atoms with Crippen LogP contribution < -0.4 is 10.6 Å². The minimum Gasteiger partial charge on any atom is -0.409 e. The van der Waals surface area contributed by atoms with Crippen molar-refractivity contribution in [2.45, 2.75) is 40.0 Å². The van der Waals surface area contributed by atoms with Gasteiger partial charge in [0.25, 0.3) is 0 Å². The van der Waals surface area contributed by atoms with E-state index in [0.29, 0.717) is 0 Å². The molecule has 1 aromatic heterocycles. The van der Waals surface area contributed by atoms with Crippen molar-refractivity contribution >= 4 is 11.7 Å². The highest BCUT2D eigenvalue weighted by Gasteiger charge is 2.27. The summed E-state index contributed by atoms with van der Waals surface area (Å²) in [6.45, 7) is 8.07. The molecule has 0 unspecified atom stereocenters. The first kappa shape index (κ1) is 14.6. The van der Waals surface area contributed by atoms with Gasteiger partial charge in [-0.05, 0) is 50.7 Å². The van der Waals surface area contributed by atoms with E-state index in [9.17, 15) is 0 Å². The summed E-state index contributed by atoms with van der Waals surface area (Å²) in [5.74, 6) is 1.76. The molecule has 20 heavy (non-hydrogen) atoms. The molecule has 5 nitrogen and oxygen atoms in total. The molecule has 110 valence electrons. The third-order valence-corrected chi connectivity index (χ3v) is 3.66. The first-order valence-corrected chi connectivity index (χ1v) is 7.27. The average molecular weight is 276 g/mol. The molecule has 5 heteroatoms. The quantitative estimate of drug-likeness (QED) is 0.362. The largest absolute Gasteiger partial charge is 0.409 e. The molecular formula is C15H24N4O. The molecule has 1 aliphatic carbocycles. The van der Waals surface area contributed by atoms with Crippen molar-refractivity contribution in [1.29, 1.82) is 0 Å². The van der Waals surface area contributed by atoms with Gasteiger partial charge in [0.1, 0.15) is 5.82 Å². The maximum atomic E-state index is 9.03. The Hall–Kier alpha value is -1.78. The van der Waals surface area contributed by atoms with Crippen molar-refractivity contribution in [3.05, 3.63) is 22.9 Å². The van der Waals surface area contributed by atoms with Crippen LogP contribution >= 0.6 is 0 Å². The van der Waals surface area contributed by atoms with Gasteiger partial charge in [0, 0.05) is 18.8 Å². The fourth-order valence-electron chi connectivity index (χ4n) is 2.58. The molecule has 1 aliphatic rings. The Morgan fingerprint density at radius 3 is 2.75 bits per heavy atom. The molecule has 1 aromatic rings. The first-order valence-electron chi connectivity index (χ1n) is 7.27. The Labute approximate surface area is 120 Å². The molecular weight excluding hydrogens is 252 g/mol. The monoisotopic (exact) mass is 276 g/mol. The first-order chi connectivity index (χ1) is 9.56. The van der Waals surface area contributed by atoms with Crippen LogP contribution in [0, 0.1) is 19.8 Å². The number of oxime groups is 1. The van der Waals surface area contributed by atoms with Gasteiger partial charge in [0.2, 0.25) is 0 Å². The predicted molar refractivity (Wildman–Crippen MR) is 81.4 cm³/mol. The van der Waals surface area contributed by atoms with Gasteiger partial charge in [0.05, 0.1) is 5.56 Å². The highest BCUT2D eigenvalue weighted by atomic mass is 16.4. The van der Waals surface area contributed by atoms with E-state index in [2.05, 4.69) is 22.0 Å². The second kappa shape index (κ2) is 6.11. The number of aryl methyl sites for hydroxylation is 2. The van der Waals surface area contributed by atoms with Gasteiger partial charge in [-0.25, -0.2) is 4.98 Å². The average Bonchev–Trinajstić information content (AvgIpc) is 3.20. The van der Waals surface area contributed by atoms with Crippen LogP contribution in [0.2, 0.25) is 0 Å². The summed E-state index contributed by atoms with van der Waals surface area (Å²) >= 11 is 0. The number of aromatic nitrogens is 1. The van der Waals surface area contributed by atoms with Gasteiger partial charge in [0.15, 0.2) is 5.84 Å². The number of nitrogens with zero attached hydrogens (tertiary/aromatic N) is 3. The van der Waals surface area contributed by atoms with Gasteiger partial charge in [-0.2, -0.15) is 0 Å². The van der Waals surface area contributed by atoms with Gasteiger partial charge < -0.3 is 15.8 Å². The van der Waals surface area contributed by atoms with Crippen LogP contribution in [0.3, 0.4) is 0 Å². The zero-order valence-corrected chi connectivity index (χ0v) is 12.6. The number of hydrogen-bond acceptors (Lipinski definition) is 4. The SMILES string of the molecule is CCCN(CC1CC1)c1nc(C)cc(C)c1C(N)=NO. The third-order valence-electron chi connectivity index (χ3n) is 3.66. The number of hydrogen-bond donors (Lipinski definition) is 2. The summed E-state index contributed by atoms with van der Waals surface area (Å²) in [5.41, 5.74) is 8.58. The van der Waals surface area contributed by atoms with E-state index in [1.165, 1.54) is 12.8 Å². The fraction of sp³-hybridized carbons (Fsp3) is 0.600. The summed E-state index contributed by atoms with van der Waals surface area (Å²) in [6.07, 6.45) is 3.64. The molecule has 0 saturated heterocycles. The smallest absolute Gasteiger partial charge is 0.174 e. The number of amidine groups is 1. The normalized spacial score (nSPS) is 15.4. The second-order valence-corrected chi connectivity index (χ2v) is 5.65. The lowest BCUT2D eigenvalue weighted by atomic mass is 10.1. The topological polar surface area (TPSA) is 74.7 Å². The van der Waals surface area contributed by atoms with E-state index >= 15 is 0 Å². The summed E-state index contributed by atoms with van der Waals surface area (Å²) in [6, 6.07) is 1.97. The Kier molecular flexibility index (Phi) is 4.47. The van der Waals surface area contributed by atoms with E-state index in [1.807, 2.05) is 19.9 Å². The van der Waals surface area contributed by atoms with Gasteiger partial charge in [-0.1, -0.05) is 12.1 Å². The molecule has 3 N–H and O–H groups in total. The Bertz CT molecular complexity index is 509. The number of anilines is 1. The Morgan fingerprint density at radius 2 is 2.20 bits per heavy atom. The molecule has 0 bridgehead atoms. The van der Waals surface area contributed by atoms with Crippen molar-refractivity contribution < 1.29 is 5.21 Å². The van der Waals surface area contributed by atoms with E-state index < -0.39 is 0 Å². The fourth-order valence-corrected chi connectivity index (χ4v) is 2.58. The molecule has 0 atom stereocenters. The van der Waals surface area contributed by atoms with Crippen LogP contribution in [0.15, 0.2) is 11.2 Å². The molecule has 1 heterocycles. The lowest BCUT2D eigenvalue weighted by Crippen LogP contribution is -2.31. The van der Waals surface area contributed by atoms with Crippen LogP contribution in [0.5, 0.6) is 0 Å². The Balaban J connectivity index is 2.44. The van der Waals surface area contributed by atoms with Crippen molar-refractivity contribution in [3.8, 4) is 0 Å². The molecule has 0 amide bonds. The summed E-state index contributed by atoms with van der Waals surface area (Å²) in [7, 11) is 0. The Morgan fingerprint density at radius 1 is 1.50 bits per heavy atom. The van der Waals surface area contributed by atoms with Crippen LogP contribution in [-0.4, -0.2) is 29.1 Å². The van der Waals surface area contributed by atoms with Gasteiger partial charge >= 0.3 is 0 Å². The number of pyridine rings is 1. The van der Waals surface area contributed by atoms with Crippen molar-refractivity contribution in [2.75, 3.05) is 18.0 Å². The second-order valence-electron chi connectivity index (χ2n) is 5.65. The third kappa shape index (κ3) is 3.21. The standard InChI is InChI=1S/C15H24N4O/c1-4-7-19(9-12-5-6-12)15-13(14(16)18-20)10(2)8-11(3)17-15/h8,12,20H,4-7,9H2,1-3H3,(H2,16,18). The van der Waals surface area contributed by atoms with E-state index in [0.717, 1.165) is 48.1 Å². The van der Waals surface area contributed by atoms with Crippen LogP contribution in [0.4, 0.5) is 5.82 Å². The maximum Gasteiger partial charge on any atom is 0.174 e. The summed E-state index contributed by atoms with van der Waals surface area (Å²) in [4.78, 5) is 6.94.